The number of rotatable bonds is 7. The quantitative estimate of drug-likeness (QED) is 0.293. The number of nitrogens with one attached hydrogen (secondary N) is 2. The van der Waals surface area contributed by atoms with E-state index in [2.05, 4.69) is 15.7 Å². The summed E-state index contributed by atoms with van der Waals surface area (Å²) in [5.41, 5.74) is 9.82. The average molecular weight is 526 g/mol. The van der Waals surface area contributed by atoms with E-state index in [4.69, 9.17) is 10.5 Å². The van der Waals surface area contributed by atoms with Crippen LogP contribution in [0.1, 0.15) is 38.3 Å². The molecule has 1 saturated carbocycles. The van der Waals surface area contributed by atoms with Gasteiger partial charge in [0.05, 0.1) is 19.3 Å². The number of nitrogens with two attached hydrogens (primary N) is 1. The highest BCUT2D eigenvalue weighted by molar-refractivity contribution is 6.19. The highest BCUT2D eigenvalue weighted by atomic mass is 16.5. The minimum atomic E-state index is -0.708. The van der Waals surface area contributed by atoms with E-state index < -0.39 is 29.9 Å². The Morgan fingerprint density at radius 1 is 1.32 bits per heavy atom. The van der Waals surface area contributed by atoms with Gasteiger partial charge in [-0.2, -0.15) is 0 Å². The van der Waals surface area contributed by atoms with Gasteiger partial charge in [0, 0.05) is 43.4 Å². The number of carbonyl (C=O) groups excluding carboxylic acids is 3. The molecule has 1 aromatic rings. The molecule has 4 heterocycles. The maximum absolute atomic E-state index is 13.7. The van der Waals surface area contributed by atoms with E-state index in [-0.39, 0.29) is 35.1 Å². The number of pyridine rings is 1. The Morgan fingerprint density at radius 3 is 2.71 bits per heavy atom. The van der Waals surface area contributed by atoms with Crippen molar-refractivity contribution in [2.45, 2.75) is 44.9 Å². The molecule has 0 radical (unpaired) electrons. The highest BCUT2D eigenvalue weighted by Crippen LogP contribution is 2.42. The van der Waals surface area contributed by atoms with Crippen molar-refractivity contribution < 1.29 is 24.2 Å². The molecule has 3 fully saturated rings. The number of amides is 3. The Morgan fingerprint density at radius 2 is 2.05 bits per heavy atom. The van der Waals surface area contributed by atoms with E-state index in [0.717, 1.165) is 12.8 Å². The molecular weight excluding hydrogens is 490 g/mol. The van der Waals surface area contributed by atoms with Crippen LogP contribution < -0.4 is 16.5 Å². The number of nitrogen functional groups attached to an aromatic ring is 1. The third-order valence-electron chi connectivity index (χ3n) is 7.21. The largest absolute Gasteiger partial charge is 0.494 e. The van der Waals surface area contributed by atoms with Crippen LogP contribution in [0, 0.1) is 11.8 Å². The second kappa shape index (κ2) is 10.6. The van der Waals surface area contributed by atoms with Gasteiger partial charge in [-0.1, -0.05) is 26.0 Å². The van der Waals surface area contributed by atoms with Gasteiger partial charge in [-0.25, -0.2) is 15.4 Å². The number of hydrazine groups is 1. The number of aliphatic hydroxyl groups is 1. The molecule has 3 unspecified atom stereocenters. The van der Waals surface area contributed by atoms with E-state index in [0.29, 0.717) is 38.4 Å². The monoisotopic (exact) mass is 525 g/mol. The van der Waals surface area contributed by atoms with Crippen molar-refractivity contribution in [3.05, 3.63) is 47.5 Å². The number of morpholine rings is 1. The molecule has 204 valence electrons. The fourth-order valence-corrected chi connectivity index (χ4v) is 5.20. The minimum absolute atomic E-state index is 0.0169. The first kappa shape index (κ1) is 26.0. The van der Waals surface area contributed by atoms with Gasteiger partial charge in [-0.3, -0.25) is 14.4 Å². The summed E-state index contributed by atoms with van der Waals surface area (Å²) in [6.45, 7) is 6.32. The first-order valence-electron chi connectivity index (χ1n) is 13.1. The van der Waals surface area contributed by atoms with E-state index >= 15 is 0 Å². The SMILES string of the molecule is CC(C)CN1C(O)=C(C(=O)NC2CC2)C(=O)N2NC(c3cccnc3N)C(/C=C/C(=O)N3CCOCC3)C12. The predicted octanol–water partition coefficient (Wildman–Crippen LogP) is 0.429. The average Bonchev–Trinajstić information content (AvgIpc) is 3.63. The summed E-state index contributed by atoms with van der Waals surface area (Å²) in [5.74, 6) is -1.86. The molecule has 38 heavy (non-hydrogen) atoms. The van der Waals surface area contributed by atoms with E-state index in [9.17, 15) is 19.5 Å². The Hall–Kier alpha value is -3.64. The number of carbonyl (C=O) groups is 3. The molecule has 0 spiro atoms. The Labute approximate surface area is 221 Å². The summed E-state index contributed by atoms with van der Waals surface area (Å²) in [5, 5.41) is 15.5. The molecule has 3 atom stereocenters. The first-order chi connectivity index (χ1) is 18.3. The van der Waals surface area contributed by atoms with Gasteiger partial charge < -0.3 is 30.7 Å². The summed E-state index contributed by atoms with van der Waals surface area (Å²) in [6, 6.07) is 3.04. The topological polar surface area (TPSA) is 153 Å². The van der Waals surface area contributed by atoms with Crippen molar-refractivity contribution in [3.63, 3.8) is 0 Å². The van der Waals surface area contributed by atoms with E-state index in [1.54, 1.807) is 28.1 Å². The van der Waals surface area contributed by atoms with Gasteiger partial charge >= 0.3 is 0 Å². The van der Waals surface area contributed by atoms with Crippen LogP contribution in [0.4, 0.5) is 5.82 Å². The second-order valence-electron chi connectivity index (χ2n) is 10.5. The molecule has 4 aliphatic rings. The fourth-order valence-electron chi connectivity index (χ4n) is 5.20. The number of hydrogen-bond acceptors (Lipinski definition) is 9. The van der Waals surface area contributed by atoms with Crippen molar-refractivity contribution >= 4 is 23.5 Å². The minimum Gasteiger partial charge on any atom is -0.494 e. The maximum Gasteiger partial charge on any atom is 0.281 e. The van der Waals surface area contributed by atoms with Crippen LogP contribution in [-0.4, -0.2) is 87.7 Å². The number of hydrogen-bond donors (Lipinski definition) is 4. The Balaban J connectivity index is 1.54. The maximum atomic E-state index is 13.7. The Bertz CT molecular complexity index is 1160. The number of fused-ring (bicyclic) bond motifs is 1. The lowest BCUT2D eigenvalue weighted by atomic mass is 9.90. The summed E-state index contributed by atoms with van der Waals surface area (Å²) >= 11 is 0. The summed E-state index contributed by atoms with van der Waals surface area (Å²) in [7, 11) is 0. The van der Waals surface area contributed by atoms with Crippen molar-refractivity contribution in [1.82, 2.24) is 30.5 Å². The van der Waals surface area contributed by atoms with Gasteiger partial charge in [0.2, 0.25) is 11.8 Å². The predicted molar refractivity (Wildman–Crippen MR) is 138 cm³/mol. The third-order valence-corrected chi connectivity index (χ3v) is 7.21. The number of aromatic nitrogens is 1. The van der Waals surface area contributed by atoms with Crippen LogP contribution in [-0.2, 0) is 19.1 Å². The van der Waals surface area contributed by atoms with Crippen LogP contribution in [0.15, 0.2) is 41.9 Å². The second-order valence-corrected chi connectivity index (χ2v) is 10.5. The third kappa shape index (κ3) is 5.05. The van der Waals surface area contributed by atoms with Crippen molar-refractivity contribution in [1.29, 1.82) is 0 Å². The molecule has 0 aromatic carbocycles. The normalized spacial score (nSPS) is 25.9. The van der Waals surface area contributed by atoms with Crippen molar-refractivity contribution in [2.24, 2.45) is 11.8 Å². The van der Waals surface area contributed by atoms with E-state index in [1.165, 1.54) is 11.1 Å². The van der Waals surface area contributed by atoms with Gasteiger partial charge in [0.25, 0.3) is 11.8 Å². The van der Waals surface area contributed by atoms with Crippen LogP contribution >= 0.6 is 0 Å². The van der Waals surface area contributed by atoms with E-state index in [1.807, 2.05) is 19.9 Å². The molecule has 2 saturated heterocycles. The molecule has 12 nitrogen and oxygen atoms in total. The Kier molecular flexibility index (Phi) is 7.26. The molecule has 3 amide bonds. The number of ether oxygens (including phenoxy) is 1. The summed E-state index contributed by atoms with van der Waals surface area (Å²) < 4.78 is 5.35. The molecule has 12 heteroatoms. The van der Waals surface area contributed by atoms with Crippen LogP contribution in [0.2, 0.25) is 0 Å². The van der Waals surface area contributed by atoms with Crippen molar-refractivity contribution in [3.8, 4) is 0 Å². The molecule has 5 N–H and O–H groups in total. The lowest BCUT2D eigenvalue weighted by Crippen LogP contribution is -2.59. The molecule has 1 aliphatic carbocycles. The molecule has 5 rings (SSSR count). The molecule has 3 aliphatic heterocycles. The smallest absolute Gasteiger partial charge is 0.281 e. The zero-order chi connectivity index (χ0) is 27.0. The summed E-state index contributed by atoms with van der Waals surface area (Å²) in [4.78, 5) is 47.3. The van der Waals surface area contributed by atoms with Crippen LogP contribution in [0.3, 0.4) is 0 Å². The van der Waals surface area contributed by atoms with Crippen molar-refractivity contribution in [2.75, 3.05) is 38.6 Å². The molecule has 0 bridgehead atoms. The zero-order valence-electron chi connectivity index (χ0n) is 21.7. The molecular formula is C26H35N7O5. The summed E-state index contributed by atoms with van der Waals surface area (Å²) in [6.07, 6.45) is 5.84. The fraction of sp³-hybridized carbons (Fsp3) is 0.538. The van der Waals surface area contributed by atoms with Crippen LogP contribution in [0.5, 0.6) is 0 Å². The first-order valence-corrected chi connectivity index (χ1v) is 13.1. The lowest BCUT2D eigenvalue weighted by Gasteiger charge is -2.42. The van der Waals surface area contributed by atoms with Gasteiger partial charge in [-0.15, -0.1) is 0 Å². The van der Waals surface area contributed by atoms with Gasteiger partial charge in [0.1, 0.15) is 12.0 Å². The standard InChI is InChI=1S/C26H35N7O5/c1-15(2)14-32-24-18(7-8-19(34)31-10-12-38-13-11-31)21(17-4-3-9-28-22(17)27)30-33(24)26(37)20(25(32)36)23(35)29-16-5-6-16/h3-4,7-9,15-16,18,21,24,30,36H,5-6,10-14H2,1-2H3,(H2,27,28)(H,29,35)/b8-7+. The number of aliphatic hydroxyl groups excluding tert-OH is 1. The highest BCUT2D eigenvalue weighted by Gasteiger charge is 2.53. The number of anilines is 1. The zero-order valence-corrected chi connectivity index (χ0v) is 21.7. The number of nitrogens with zero attached hydrogens (tertiary/aromatic N) is 4. The van der Waals surface area contributed by atoms with Gasteiger partial charge in [0.15, 0.2) is 5.57 Å². The van der Waals surface area contributed by atoms with Crippen LogP contribution in [0.25, 0.3) is 0 Å². The molecule has 1 aromatic heterocycles. The van der Waals surface area contributed by atoms with Gasteiger partial charge in [-0.05, 0) is 30.9 Å². The lowest BCUT2D eigenvalue weighted by molar-refractivity contribution is -0.142.